The van der Waals surface area contributed by atoms with Crippen LogP contribution in [0.4, 0.5) is 0 Å². The second-order valence-electron chi connectivity index (χ2n) is 5.17. The molecule has 5 nitrogen and oxygen atoms in total. The van der Waals surface area contributed by atoms with Crippen LogP contribution in [-0.2, 0) is 17.9 Å². The van der Waals surface area contributed by atoms with Gasteiger partial charge in [-0.2, -0.15) is 0 Å². The van der Waals surface area contributed by atoms with Crippen LogP contribution in [0.3, 0.4) is 0 Å². The van der Waals surface area contributed by atoms with Crippen LogP contribution < -0.4 is 5.56 Å². The number of amides is 1. The first-order valence-corrected chi connectivity index (χ1v) is 8.63. The zero-order valence-electron chi connectivity index (χ0n) is 12.4. The molecule has 0 radical (unpaired) electrons. The van der Waals surface area contributed by atoms with E-state index in [1.54, 1.807) is 35.4 Å². The molecule has 0 saturated heterocycles. The molecule has 0 aliphatic rings. The maximum Gasteiger partial charge on any atom is 0.261 e. The molecular weight excluding hydrogens is 378 g/mol. The monoisotopic (exact) mass is 391 g/mol. The molecule has 2 heterocycles. The predicted molar refractivity (Wildman–Crippen MR) is 94.5 cm³/mol. The lowest BCUT2D eigenvalue weighted by atomic mass is 10.2. The van der Waals surface area contributed by atoms with Gasteiger partial charge >= 0.3 is 0 Å². The lowest BCUT2D eigenvalue weighted by Crippen LogP contribution is -2.33. The van der Waals surface area contributed by atoms with Gasteiger partial charge in [-0.3, -0.25) is 14.2 Å². The summed E-state index contributed by atoms with van der Waals surface area (Å²) in [4.78, 5) is 31.8. The summed E-state index contributed by atoms with van der Waals surface area (Å²) in [5, 5.41) is 2.47. The Morgan fingerprint density at radius 3 is 2.96 bits per heavy atom. The van der Waals surface area contributed by atoms with Crippen LogP contribution in [0, 0.1) is 0 Å². The molecule has 23 heavy (non-hydrogen) atoms. The molecule has 0 unspecified atom stereocenters. The van der Waals surface area contributed by atoms with E-state index in [0.717, 1.165) is 9.35 Å². The highest BCUT2D eigenvalue weighted by molar-refractivity contribution is 9.10. The second kappa shape index (κ2) is 6.64. The molecule has 7 heteroatoms. The minimum Gasteiger partial charge on any atom is -0.339 e. The van der Waals surface area contributed by atoms with Gasteiger partial charge in [0, 0.05) is 16.4 Å². The summed E-state index contributed by atoms with van der Waals surface area (Å²) >= 11 is 4.95. The first-order valence-electron chi connectivity index (χ1n) is 6.95. The van der Waals surface area contributed by atoms with Gasteiger partial charge in [-0.25, -0.2) is 4.98 Å². The van der Waals surface area contributed by atoms with Crippen LogP contribution in [0.5, 0.6) is 0 Å². The normalized spacial score (nSPS) is 10.9. The predicted octanol–water partition coefficient (Wildman–Crippen LogP) is 2.88. The Labute approximate surface area is 145 Å². The van der Waals surface area contributed by atoms with Crippen LogP contribution in [0.2, 0.25) is 0 Å². The molecule has 0 N–H and O–H groups in total. The number of hydrogen-bond donors (Lipinski definition) is 0. The maximum atomic E-state index is 12.5. The first kappa shape index (κ1) is 15.9. The molecule has 0 spiro atoms. The summed E-state index contributed by atoms with van der Waals surface area (Å²) in [5.41, 5.74) is 0.406. The Balaban J connectivity index is 1.82. The number of likely N-dealkylation sites (N-methyl/N-ethyl adjacent to an activating group) is 1. The Hall–Kier alpha value is -1.99. The molecular formula is C16H14BrN3O2S. The SMILES string of the molecule is CN(Cc1cccs1)C(=O)Cn1cnc2ccc(Br)cc2c1=O. The van der Waals surface area contributed by atoms with Crippen LogP contribution >= 0.6 is 27.3 Å². The molecule has 1 aromatic carbocycles. The molecule has 0 aliphatic heterocycles. The molecule has 2 aromatic heterocycles. The summed E-state index contributed by atoms with van der Waals surface area (Å²) in [6.07, 6.45) is 1.43. The first-order chi connectivity index (χ1) is 11.0. The van der Waals surface area contributed by atoms with Crippen molar-refractivity contribution in [2.75, 3.05) is 7.05 Å². The van der Waals surface area contributed by atoms with Gasteiger partial charge in [-0.05, 0) is 29.6 Å². The van der Waals surface area contributed by atoms with Gasteiger partial charge in [0.25, 0.3) is 5.56 Å². The molecule has 118 valence electrons. The van der Waals surface area contributed by atoms with Gasteiger partial charge in [-0.1, -0.05) is 22.0 Å². The third-order valence-electron chi connectivity index (χ3n) is 3.49. The zero-order valence-corrected chi connectivity index (χ0v) is 14.8. The van der Waals surface area contributed by atoms with Gasteiger partial charge in [-0.15, -0.1) is 11.3 Å². The third kappa shape index (κ3) is 3.51. The minimum absolute atomic E-state index is 0.0177. The molecule has 1 amide bonds. The van der Waals surface area contributed by atoms with Crippen molar-refractivity contribution in [3.05, 3.63) is 61.7 Å². The molecule has 3 rings (SSSR count). The molecule has 0 fully saturated rings. The van der Waals surface area contributed by atoms with Crippen molar-refractivity contribution in [2.24, 2.45) is 0 Å². The van der Waals surface area contributed by atoms with Crippen LogP contribution in [0.25, 0.3) is 10.9 Å². The lowest BCUT2D eigenvalue weighted by Gasteiger charge is -2.17. The standard InChI is InChI=1S/C16H14BrN3O2S/c1-19(8-12-3-2-6-23-12)15(21)9-20-10-18-14-5-4-11(17)7-13(14)16(20)22/h2-7,10H,8-9H2,1H3. The van der Waals surface area contributed by atoms with Gasteiger partial charge in [0.05, 0.1) is 23.8 Å². The fraction of sp³-hybridized carbons (Fsp3) is 0.188. The quantitative estimate of drug-likeness (QED) is 0.686. The van der Waals surface area contributed by atoms with Crippen LogP contribution in [0.15, 0.2) is 51.3 Å². The number of fused-ring (bicyclic) bond motifs is 1. The van der Waals surface area contributed by atoms with Crippen molar-refractivity contribution in [2.45, 2.75) is 13.1 Å². The van der Waals surface area contributed by atoms with Crippen LogP contribution in [0.1, 0.15) is 4.88 Å². The summed E-state index contributed by atoms with van der Waals surface area (Å²) in [7, 11) is 1.73. The van der Waals surface area contributed by atoms with E-state index in [2.05, 4.69) is 20.9 Å². The zero-order chi connectivity index (χ0) is 16.4. The topological polar surface area (TPSA) is 55.2 Å². The summed E-state index contributed by atoms with van der Waals surface area (Å²) < 4.78 is 2.16. The van der Waals surface area contributed by atoms with Crippen molar-refractivity contribution in [1.29, 1.82) is 0 Å². The van der Waals surface area contributed by atoms with Crippen molar-refractivity contribution in [3.63, 3.8) is 0 Å². The summed E-state index contributed by atoms with van der Waals surface area (Å²) in [6.45, 7) is 0.522. The van der Waals surface area contributed by atoms with Crippen molar-refractivity contribution in [3.8, 4) is 0 Å². The largest absolute Gasteiger partial charge is 0.339 e. The summed E-state index contributed by atoms with van der Waals surface area (Å²) in [6, 6.07) is 9.26. The number of nitrogens with zero attached hydrogens (tertiary/aromatic N) is 3. The number of halogens is 1. The number of carbonyl (C=O) groups is 1. The minimum atomic E-state index is -0.214. The highest BCUT2D eigenvalue weighted by atomic mass is 79.9. The Morgan fingerprint density at radius 1 is 1.39 bits per heavy atom. The van der Waals surface area contributed by atoms with Crippen molar-refractivity contribution >= 4 is 44.1 Å². The number of carbonyl (C=O) groups excluding carboxylic acids is 1. The lowest BCUT2D eigenvalue weighted by molar-refractivity contribution is -0.131. The highest BCUT2D eigenvalue weighted by Crippen LogP contribution is 2.15. The van der Waals surface area contributed by atoms with E-state index in [4.69, 9.17) is 0 Å². The van der Waals surface area contributed by atoms with Crippen molar-refractivity contribution < 1.29 is 4.79 Å². The van der Waals surface area contributed by atoms with Crippen LogP contribution in [-0.4, -0.2) is 27.4 Å². The number of aromatic nitrogens is 2. The highest BCUT2D eigenvalue weighted by Gasteiger charge is 2.13. The average Bonchev–Trinajstić information content (AvgIpc) is 3.03. The number of hydrogen-bond acceptors (Lipinski definition) is 4. The van der Waals surface area contributed by atoms with E-state index in [1.165, 1.54) is 10.9 Å². The molecule has 0 atom stereocenters. The van der Waals surface area contributed by atoms with E-state index in [1.807, 2.05) is 23.6 Å². The van der Waals surface area contributed by atoms with E-state index in [0.29, 0.717) is 17.4 Å². The van der Waals surface area contributed by atoms with Gasteiger partial charge in [0.2, 0.25) is 5.91 Å². The number of thiophene rings is 1. The Morgan fingerprint density at radius 2 is 2.22 bits per heavy atom. The van der Waals surface area contributed by atoms with E-state index >= 15 is 0 Å². The van der Waals surface area contributed by atoms with Gasteiger partial charge < -0.3 is 4.90 Å². The summed E-state index contributed by atoms with van der Waals surface area (Å²) in [5.74, 6) is -0.128. The number of benzene rings is 1. The Kier molecular flexibility index (Phi) is 4.58. The fourth-order valence-electron chi connectivity index (χ4n) is 2.23. The third-order valence-corrected chi connectivity index (χ3v) is 4.84. The van der Waals surface area contributed by atoms with E-state index in [9.17, 15) is 9.59 Å². The van der Waals surface area contributed by atoms with E-state index in [-0.39, 0.29) is 18.0 Å². The van der Waals surface area contributed by atoms with Gasteiger partial charge in [0.1, 0.15) is 6.54 Å². The molecule has 0 aliphatic carbocycles. The maximum absolute atomic E-state index is 12.5. The number of rotatable bonds is 4. The fourth-order valence-corrected chi connectivity index (χ4v) is 3.35. The van der Waals surface area contributed by atoms with Gasteiger partial charge in [0.15, 0.2) is 0 Å². The molecule has 0 bridgehead atoms. The molecule has 3 aromatic rings. The van der Waals surface area contributed by atoms with Crippen molar-refractivity contribution in [1.82, 2.24) is 14.5 Å². The average molecular weight is 392 g/mol. The molecule has 0 saturated carbocycles. The Bertz CT molecular complexity index is 905. The second-order valence-corrected chi connectivity index (χ2v) is 7.12. The smallest absolute Gasteiger partial charge is 0.261 e. The van der Waals surface area contributed by atoms with E-state index < -0.39 is 0 Å².